The lowest BCUT2D eigenvalue weighted by molar-refractivity contribution is -0.146. The van der Waals surface area contributed by atoms with Gasteiger partial charge in [0.1, 0.15) is 5.92 Å². The smallest absolute Gasteiger partial charge is 0.336 e. The molecule has 2 rings (SSSR count). The minimum absolute atomic E-state index is 0.250. The van der Waals surface area contributed by atoms with E-state index in [9.17, 15) is 9.59 Å². The minimum Gasteiger partial charge on any atom is -0.472 e. The van der Waals surface area contributed by atoms with Crippen molar-refractivity contribution in [3.8, 4) is 0 Å². The highest BCUT2D eigenvalue weighted by Gasteiger charge is 2.42. The van der Waals surface area contributed by atoms with Crippen LogP contribution in [0.5, 0.6) is 0 Å². The first-order chi connectivity index (χ1) is 11.0. The Bertz CT molecular complexity index is 642. The lowest BCUT2D eigenvalue weighted by atomic mass is 9.76. The van der Waals surface area contributed by atoms with Crippen molar-refractivity contribution >= 4 is 17.7 Å². The van der Waals surface area contributed by atoms with E-state index in [4.69, 9.17) is 13.9 Å². The number of esters is 2. The molecule has 0 saturated carbocycles. The van der Waals surface area contributed by atoms with Crippen LogP contribution in [0.4, 0.5) is 0 Å². The number of hydrogen-bond acceptors (Lipinski definition) is 6. The zero-order valence-corrected chi connectivity index (χ0v) is 13.8. The molecule has 2 atom stereocenters. The van der Waals surface area contributed by atoms with E-state index in [1.165, 1.54) is 12.5 Å². The molecule has 1 aromatic rings. The predicted octanol–water partition coefficient (Wildman–Crippen LogP) is 2.85. The fourth-order valence-electron chi connectivity index (χ4n) is 2.86. The molecule has 124 valence electrons. The third-order valence-electron chi connectivity index (χ3n) is 3.77. The molecular formula is C17H21NO5. The van der Waals surface area contributed by atoms with Gasteiger partial charge >= 0.3 is 11.9 Å². The second kappa shape index (κ2) is 7.26. The highest BCUT2D eigenvalue weighted by molar-refractivity contribution is 6.06. The van der Waals surface area contributed by atoms with Gasteiger partial charge < -0.3 is 13.9 Å². The maximum Gasteiger partial charge on any atom is 0.336 e. The lowest BCUT2D eigenvalue weighted by Gasteiger charge is -2.30. The van der Waals surface area contributed by atoms with E-state index in [-0.39, 0.29) is 13.2 Å². The highest BCUT2D eigenvalue weighted by atomic mass is 16.5. The standard InChI is InChI=1S/C17H21NO5/c1-5-22-16(19)13-10(3)18-11(4)14(17(20)23-6-2)15(13)12-7-8-21-9-12/h7-9,13,15H,5-6H2,1-4H3. The summed E-state index contributed by atoms with van der Waals surface area (Å²) < 4.78 is 15.5. The van der Waals surface area contributed by atoms with E-state index in [0.29, 0.717) is 17.0 Å². The summed E-state index contributed by atoms with van der Waals surface area (Å²) >= 11 is 0. The third kappa shape index (κ3) is 3.36. The van der Waals surface area contributed by atoms with Gasteiger partial charge in [-0.15, -0.1) is 0 Å². The van der Waals surface area contributed by atoms with E-state index in [1.54, 1.807) is 33.8 Å². The van der Waals surface area contributed by atoms with Gasteiger partial charge in [0.25, 0.3) is 0 Å². The SMILES string of the molecule is CCOC(=O)C1=C(C)N=C(C)C(C(=O)OCC)C1c1ccoc1. The number of ether oxygens (including phenoxy) is 2. The Morgan fingerprint density at radius 3 is 2.48 bits per heavy atom. The molecule has 6 heteroatoms. The molecule has 0 fully saturated rings. The second-order valence-corrected chi connectivity index (χ2v) is 5.24. The maximum atomic E-state index is 12.4. The van der Waals surface area contributed by atoms with E-state index >= 15 is 0 Å². The zero-order chi connectivity index (χ0) is 17.0. The first-order valence-electron chi connectivity index (χ1n) is 7.63. The van der Waals surface area contributed by atoms with Crippen LogP contribution in [0, 0.1) is 5.92 Å². The van der Waals surface area contributed by atoms with Crippen molar-refractivity contribution in [1.82, 2.24) is 0 Å². The lowest BCUT2D eigenvalue weighted by Crippen LogP contribution is -2.36. The average molecular weight is 319 g/mol. The molecule has 1 aromatic heterocycles. The van der Waals surface area contributed by atoms with Crippen LogP contribution in [0.25, 0.3) is 0 Å². The Labute approximate surface area is 135 Å². The molecule has 0 N–H and O–H groups in total. The number of carbonyl (C=O) groups is 2. The zero-order valence-electron chi connectivity index (χ0n) is 13.8. The van der Waals surface area contributed by atoms with Gasteiger partial charge in [0.15, 0.2) is 0 Å². The van der Waals surface area contributed by atoms with Crippen LogP contribution in [-0.4, -0.2) is 30.9 Å². The Morgan fingerprint density at radius 2 is 1.91 bits per heavy atom. The number of hydrogen-bond donors (Lipinski definition) is 0. The number of nitrogens with zero attached hydrogens (tertiary/aromatic N) is 1. The Kier molecular flexibility index (Phi) is 5.36. The Balaban J connectivity index is 2.54. The van der Waals surface area contributed by atoms with Gasteiger partial charge in [0.2, 0.25) is 0 Å². The maximum absolute atomic E-state index is 12.4. The molecule has 0 aromatic carbocycles. The molecule has 23 heavy (non-hydrogen) atoms. The molecule has 0 radical (unpaired) electrons. The third-order valence-corrected chi connectivity index (χ3v) is 3.77. The fraction of sp³-hybridized carbons (Fsp3) is 0.471. The van der Waals surface area contributed by atoms with Crippen LogP contribution < -0.4 is 0 Å². The summed E-state index contributed by atoms with van der Waals surface area (Å²) in [5, 5.41) is 0. The van der Waals surface area contributed by atoms with Crippen molar-refractivity contribution in [3.05, 3.63) is 35.4 Å². The van der Waals surface area contributed by atoms with Crippen molar-refractivity contribution in [2.24, 2.45) is 10.9 Å². The summed E-state index contributed by atoms with van der Waals surface area (Å²) in [6.45, 7) is 7.50. The van der Waals surface area contributed by atoms with E-state index < -0.39 is 23.8 Å². The topological polar surface area (TPSA) is 78.1 Å². The van der Waals surface area contributed by atoms with Gasteiger partial charge in [-0.2, -0.15) is 0 Å². The summed E-state index contributed by atoms with van der Waals surface area (Å²) in [5.74, 6) is -2.07. The van der Waals surface area contributed by atoms with Crippen LogP contribution in [0.3, 0.4) is 0 Å². The minimum atomic E-state index is -0.671. The molecule has 0 saturated heterocycles. The fourth-order valence-corrected chi connectivity index (χ4v) is 2.86. The average Bonchev–Trinajstić information content (AvgIpc) is 3.00. The van der Waals surface area contributed by atoms with Crippen molar-refractivity contribution in [2.75, 3.05) is 13.2 Å². The van der Waals surface area contributed by atoms with Crippen molar-refractivity contribution in [2.45, 2.75) is 33.6 Å². The van der Waals surface area contributed by atoms with Crippen molar-refractivity contribution in [1.29, 1.82) is 0 Å². The summed E-state index contributed by atoms with van der Waals surface area (Å²) in [6.07, 6.45) is 3.04. The highest BCUT2D eigenvalue weighted by Crippen LogP contribution is 2.40. The predicted molar refractivity (Wildman–Crippen MR) is 84.0 cm³/mol. The number of rotatable bonds is 5. The number of carbonyl (C=O) groups excluding carboxylic acids is 2. The summed E-state index contributed by atoms with van der Waals surface area (Å²) in [5.41, 5.74) is 2.25. The summed E-state index contributed by atoms with van der Waals surface area (Å²) in [7, 11) is 0. The molecule has 0 spiro atoms. The first kappa shape index (κ1) is 17.0. The van der Waals surface area contributed by atoms with Crippen LogP contribution >= 0.6 is 0 Å². The number of furan rings is 1. The van der Waals surface area contributed by atoms with E-state index in [1.807, 2.05) is 0 Å². The van der Waals surface area contributed by atoms with Gasteiger partial charge in [-0.25, -0.2) is 4.79 Å². The molecule has 2 unspecified atom stereocenters. The molecule has 0 bridgehead atoms. The molecule has 2 heterocycles. The Morgan fingerprint density at radius 1 is 1.22 bits per heavy atom. The van der Waals surface area contributed by atoms with Crippen molar-refractivity contribution < 1.29 is 23.5 Å². The molecular weight excluding hydrogens is 298 g/mol. The van der Waals surface area contributed by atoms with Crippen LogP contribution in [0.2, 0.25) is 0 Å². The van der Waals surface area contributed by atoms with Gasteiger partial charge in [0.05, 0.1) is 31.3 Å². The second-order valence-electron chi connectivity index (χ2n) is 5.24. The van der Waals surface area contributed by atoms with Crippen LogP contribution in [0.1, 0.15) is 39.2 Å². The molecule has 1 aliphatic heterocycles. The summed E-state index contributed by atoms with van der Waals surface area (Å²) in [6, 6.07) is 1.74. The van der Waals surface area contributed by atoms with Crippen LogP contribution in [0.15, 0.2) is 39.3 Å². The summed E-state index contributed by atoms with van der Waals surface area (Å²) in [4.78, 5) is 29.2. The van der Waals surface area contributed by atoms with E-state index in [0.717, 1.165) is 5.56 Å². The Hall–Kier alpha value is -2.37. The molecule has 6 nitrogen and oxygen atoms in total. The normalized spacial score (nSPS) is 21.0. The molecule has 0 aliphatic carbocycles. The number of aliphatic imine (C=N–C) groups is 1. The first-order valence-corrected chi connectivity index (χ1v) is 7.63. The molecule has 0 amide bonds. The van der Waals surface area contributed by atoms with E-state index in [2.05, 4.69) is 4.99 Å². The monoisotopic (exact) mass is 319 g/mol. The number of allylic oxidation sites excluding steroid dienone is 1. The quantitative estimate of drug-likeness (QED) is 0.780. The van der Waals surface area contributed by atoms with Gasteiger partial charge in [-0.3, -0.25) is 9.79 Å². The van der Waals surface area contributed by atoms with Crippen molar-refractivity contribution in [3.63, 3.8) is 0 Å². The molecule has 1 aliphatic rings. The van der Waals surface area contributed by atoms with Gasteiger partial charge in [0, 0.05) is 17.3 Å². The largest absolute Gasteiger partial charge is 0.472 e. The van der Waals surface area contributed by atoms with Crippen LogP contribution in [-0.2, 0) is 19.1 Å². The van der Waals surface area contributed by atoms with Gasteiger partial charge in [-0.05, 0) is 39.3 Å². The van der Waals surface area contributed by atoms with Gasteiger partial charge in [-0.1, -0.05) is 0 Å².